The Balaban J connectivity index is 1.48. The topological polar surface area (TPSA) is 92.7 Å². The molecule has 0 spiro atoms. The van der Waals surface area contributed by atoms with Crippen molar-refractivity contribution >= 4 is 17.8 Å². The van der Waals surface area contributed by atoms with Crippen LogP contribution in [0.5, 0.6) is 0 Å². The van der Waals surface area contributed by atoms with Gasteiger partial charge in [0.1, 0.15) is 6.10 Å². The van der Waals surface area contributed by atoms with Crippen molar-refractivity contribution in [2.45, 2.75) is 125 Å². The first-order valence-corrected chi connectivity index (χ1v) is 16.4. The molecule has 0 heterocycles. The van der Waals surface area contributed by atoms with E-state index in [4.69, 9.17) is 9.84 Å². The molecule has 0 saturated heterocycles. The van der Waals surface area contributed by atoms with Crippen LogP contribution in [0.15, 0.2) is 12.2 Å². The molecule has 0 bridgehead atoms. The zero-order valence-electron chi connectivity index (χ0n) is 26.7. The van der Waals surface area contributed by atoms with Crippen LogP contribution in [-0.4, -0.2) is 35.6 Å². The second-order valence-corrected chi connectivity index (χ2v) is 16.2. The number of rotatable bonds is 6. The van der Waals surface area contributed by atoms with Gasteiger partial charge in [-0.3, -0.25) is 14.4 Å². The minimum absolute atomic E-state index is 0.0147. The van der Waals surface area contributed by atoms with E-state index in [9.17, 15) is 14.4 Å². The molecule has 0 aliphatic heterocycles. The van der Waals surface area contributed by atoms with Crippen molar-refractivity contribution in [1.29, 1.82) is 0 Å². The number of ether oxygens (including phenoxy) is 1. The van der Waals surface area contributed by atoms with Crippen LogP contribution in [0, 0.1) is 56.7 Å². The maximum Gasteiger partial charge on any atom is 0.305 e. The number of esters is 1. The van der Waals surface area contributed by atoms with Crippen molar-refractivity contribution in [3.8, 4) is 0 Å². The maximum atomic E-state index is 13.9. The molecule has 5 saturated carbocycles. The van der Waals surface area contributed by atoms with E-state index in [1.54, 1.807) is 6.92 Å². The van der Waals surface area contributed by atoms with Gasteiger partial charge in [-0.15, -0.1) is 0 Å². The number of hydrogen-bond donors (Lipinski definition) is 2. The number of nitrogens with one attached hydrogen (secondary N) is 1. The number of carboxylic acid groups (broad SMARTS) is 1. The summed E-state index contributed by atoms with van der Waals surface area (Å²) in [5.74, 6) is 1.24. The summed E-state index contributed by atoms with van der Waals surface area (Å²) in [6.45, 7) is 20.7. The lowest BCUT2D eigenvalue weighted by Crippen LogP contribution is -2.67. The summed E-state index contributed by atoms with van der Waals surface area (Å²) in [7, 11) is 0. The van der Waals surface area contributed by atoms with Crippen LogP contribution in [0.25, 0.3) is 0 Å². The molecule has 10 atom stereocenters. The standard InChI is InChI=1S/C35H55NO5/c1-21(2)23-11-17-35(30(40)36-20-14-28(38)39)19-18-33(7)24(29(23)35)9-10-26-32(6)15-13-27(41-22(3)37)31(4,5)25(32)12-16-34(26,33)8/h23-27,29H,1,9-20H2,2-8H3,(H,36,40)(H,38,39)/t23-,24+,25-,26?,27-,29+,32-,33+,34+,35-/m0/s1. The van der Waals surface area contributed by atoms with Gasteiger partial charge in [0.05, 0.1) is 11.8 Å². The van der Waals surface area contributed by atoms with Gasteiger partial charge in [0.15, 0.2) is 0 Å². The lowest BCUT2D eigenvalue weighted by molar-refractivity contribution is -0.248. The SMILES string of the molecule is C=C(C)[C@@H]1CC[C@]2(C(=O)NCCC(=O)O)CC[C@]3(C)[C@H](CCC4[C@@]5(C)CC[C@H](OC(C)=O)C(C)(C)[C@@H]5CC[C@]43C)[C@@H]12. The highest BCUT2D eigenvalue weighted by Crippen LogP contribution is 2.77. The van der Waals surface area contributed by atoms with Gasteiger partial charge >= 0.3 is 11.9 Å². The van der Waals surface area contributed by atoms with Crippen LogP contribution in [0.3, 0.4) is 0 Å². The lowest BCUT2D eigenvalue weighted by Gasteiger charge is -2.72. The molecule has 0 aromatic carbocycles. The summed E-state index contributed by atoms with van der Waals surface area (Å²) in [5, 5.41) is 12.2. The predicted octanol–water partition coefficient (Wildman–Crippen LogP) is 7.17. The average Bonchev–Trinajstić information content (AvgIpc) is 3.27. The molecule has 5 fully saturated rings. The Morgan fingerprint density at radius 2 is 1.56 bits per heavy atom. The Kier molecular flexibility index (Phi) is 7.55. The van der Waals surface area contributed by atoms with Crippen LogP contribution < -0.4 is 5.32 Å². The molecule has 1 unspecified atom stereocenters. The van der Waals surface area contributed by atoms with E-state index in [1.165, 1.54) is 18.4 Å². The van der Waals surface area contributed by atoms with Crippen molar-refractivity contribution in [2.24, 2.45) is 56.7 Å². The lowest BCUT2D eigenvalue weighted by atomic mass is 9.32. The van der Waals surface area contributed by atoms with Crippen LogP contribution in [0.1, 0.15) is 119 Å². The number of fused-ring (bicyclic) bond motifs is 7. The van der Waals surface area contributed by atoms with Gasteiger partial charge in [0, 0.05) is 18.9 Å². The number of carbonyl (C=O) groups excluding carboxylic acids is 2. The van der Waals surface area contributed by atoms with Gasteiger partial charge in [-0.25, -0.2) is 0 Å². The van der Waals surface area contributed by atoms with Crippen molar-refractivity contribution in [2.75, 3.05) is 6.54 Å². The summed E-state index contributed by atoms with van der Waals surface area (Å²) in [6.07, 6.45) is 10.5. The van der Waals surface area contributed by atoms with Gasteiger partial charge in [-0.05, 0) is 117 Å². The van der Waals surface area contributed by atoms with E-state index in [1.807, 2.05) is 0 Å². The molecule has 5 rings (SSSR count). The smallest absolute Gasteiger partial charge is 0.305 e. The van der Waals surface area contributed by atoms with E-state index in [2.05, 4.69) is 53.4 Å². The van der Waals surface area contributed by atoms with Crippen molar-refractivity contribution < 1.29 is 24.2 Å². The van der Waals surface area contributed by atoms with Gasteiger partial charge in [-0.2, -0.15) is 0 Å². The Morgan fingerprint density at radius 3 is 2.20 bits per heavy atom. The largest absolute Gasteiger partial charge is 0.481 e. The molecule has 5 aliphatic carbocycles. The van der Waals surface area contributed by atoms with Crippen molar-refractivity contribution in [3.63, 3.8) is 0 Å². The second kappa shape index (κ2) is 10.1. The summed E-state index contributed by atoms with van der Waals surface area (Å²) in [6, 6.07) is 0. The van der Waals surface area contributed by atoms with Crippen molar-refractivity contribution in [3.05, 3.63) is 12.2 Å². The van der Waals surface area contributed by atoms with Crippen LogP contribution in [-0.2, 0) is 19.1 Å². The highest BCUT2D eigenvalue weighted by atomic mass is 16.5. The molecule has 1 amide bonds. The van der Waals surface area contributed by atoms with Gasteiger partial charge in [0.25, 0.3) is 0 Å². The Morgan fingerprint density at radius 1 is 0.854 bits per heavy atom. The van der Waals surface area contributed by atoms with E-state index < -0.39 is 11.4 Å². The van der Waals surface area contributed by atoms with E-state index in [-0.39, 0.29) is 58.5 Å². The Labute approximate surface area is 247 Å². The average molecular weight is 570 g/mol. The zero-order chi connectivity index (χ0) is 30.2. The number of hydrogen-bond acceptors (Lipinski definition) is 4. The fraction of sp³-hybridized carbons (Fsp3) is 0.857. The normalized spacial score (nSPS) is 46.2. The summed E-state index contributed by atoms with van der Waals surface area (Å²) >= 11 is 0. The molecular weight excluding hydrogens is 514 g/mol. The summed E-state index contributed by atoms with van der Waals surface area (Å²) in [4.78, 5) is 37.1. The van der Waals surface area contributed by atoms with E-state index in [0.717, 1.165) is 51.4 Å². The third-order valence-electron chi connectivity index (χ3n) is 14.4. The molecule has 0 radical (unpaired) electrons. The first kappa shape index (κ1) is 30.6. The highest BCUT2D eigenvalue weighted by molar-refractivity contribution is 5.84. The maximum absolute atomic E-state index is 13.9. The number of carbonyl (C=O) groups is 3. The number of allylic oxidation sites excluding steroid dienone is 1. The molecule has 0 aromatic rings. The summed E-state index contributed by atoms with van der Waals surface area (Å²) in [5.41, 5.74) is 1.25. The number of aliphatic carboxylic acids is 1. The van der Waals surface area contributed by atoms with Gasteiger partial charge in [0.2, 0.25) is 5.91 Å². The quantitative estimate of drug-likeness (QED) is 0.261. The van der Waals surface area contributed by atoms with Crippen LogP contribution in [0.2, 0.25) is 0 Å². The first-order chi connectivity index (χ1) is 19.0. The minimum Gasteiger partial charge on any atom is -0.481 e. The molecule has 6 heteroatoms. The van der Waals surface area contributed by atoms with Crippen LogP contribution >= 0.6 is 0 Å². The molecule has 6 nitrogen and oxygen atoms in total. The third-order valence-corrected chi connectivity index (χ3v) is 14.4. The molecular formula is C35H55NO5. The Hall–Kier alpha value is -1.85. The molecule has 230 valence electrons. The summed E-state index contributed by atoms with van der Waals surface area (Å²) < 4.78 is 5.91. The molecule has 5 aliphatic rings. The number of amides is 1. The number of carboxylic acids is 1. The van der Waals surface area contributed by atoms with Gasteiger partial charge in [-0.1, -0.05) is 46.8 Å². The minimum atomic E-state index is -0.873. The first-order valence-electron chi connectivity index (χ1n) is 16.4. The second-order valence-electron chi connectivity index (χ2n) is 16.2. The van der Waals surface area contributed by atoms with Crippen LogP contribution in [0.4, 0.5) is 0 Å². The fourth-order valence-corrected chi connectivity index (χ4v) is 12.4. The zero-order valence-corrected chi connectivity index (χ0v) is 26.7. The molecule has 2 N–H and O–H groups in total. The predicted molar refractivity (Wildman–Crippen MR) is 160 cm³/mol. The van der Waals surface area contributed by atoms with E-state index >= 15 is 0 Å². The molecule has 41 heavy (non-hydrogen) atoms. The van der Waals surface area contributed by atoms with E-state index in [0.29, 0.717) is 23.7 Å². The van der Waals surface area contributed by atoms with Gasteiger partial charge < -0.3 is 15.2 Å². The Bertz CT molecular complexity index is 1110. The highest BCUT2D eigenvalue weighted by Gasteiger charge is 2.72. The monoisotopic (exact) mass is 569 g/mol. The fourth-order valence-electron chi connectivity index (χ4n) is 12.4. The molecule has 0 aromatic heterocycles. The van der Waals surface area contributed by atoms with Crippen molar-refractivity contribution in [1.82, 2.24) is 5.32 Å². The third kappa shape index (κ3) is 4.34.